The molecule has 2 unspecified atom stereocenters. The average Bonchev–Trinajstić information content (AvgIpc) is 2.16. The molecular formula is C9H10NO3P. The molecule has 0 radical (unpaired) electrons. The van der Waals surface area contributed by atoms with E-state index in [1.807, 2.05) is 12.1 Å². The zero-order valence-corrected chi connectivity index (χ0v) is 8.36. The zero-order chi connectivity index (χ0) is 10.1. The fraction of sp³-hybridized carbons (Fsp3) is 0.222. The Kier molecular flexibility index (Phi) is 2.40. The summed E-state index contributed by atoms with van der Waals surface area (Å²) < 4.78 is 11.0. The van der Waals surface area contributed by atoms with Crippen LogP contribution in [-0.2, 0) is 15.8 Å². The van der Waals surface area contributed by atoms with E-state index in [0.29, 0.717) is 6.42 Å². The van der Waals surface area contributed by atoms with E-state index in [9.17, 15) is 9.36 Å². The molecule has 1 amide bonds. The van der Waals surface area contributed by atoms with E-state index in [4.69, 9.17) is 4.89 Å². The predicted octanol–water partition coefficient (Wildman–Crippen LogP) is 0.824. The first kappa shape index (κ1) is 9.44. The van der Waals surface area contributed by atoms with Crippen molar-refractivity contribution in [2.75, 3.05) is 0 Å². The highest BCUT2D eigenvalue weighted by molar-refractivity contribution is 7.38. The van der Waals surface area contributed by atoms with Crippen LogP contribution in [0.1, 0.15) is 16.9 Å². The van der Waals surface area contributed by atoms with Gasteiger partial charge in [-0.1, -0.05) is 24.3 Å². The van der Waals surface area contributed by atoms with Gasteiger partial charge in [0.2, 0.25) is 13.9 Å². The quantitative estimate of drug-likeness (QED) is 0.676. The van der Waals surface area contributed by atoms with E-state index in [1.54, 1.807) is 12.1 Å². The number of hydrogen-bond acceptors (Lipinski definition) is 2. The van der Waals surface area contributed by atoms with Crippen LogP contribution in [0.25, 0.3) is 0 Å². The maximum absolute atomic E-state index is 11.2. The summed E-state index contributed by atoms with van der Waals surface area (Å²) in [6, 6.07) is 7.21. The van der Waals surface area contributed by atoms with Crippen LogP contribution in [0.5, 0.6) is 0 Å². The number of carbonyl (C=O) groups is 1. The van der Waals surface area contributed by atoms with E-state index in [0.717, 1.165) is 11.1 Å². The van der Waals surface area contributed by atoms with Crippen LogP contribution in [0.3, 0.4) is 0 Å². The van der Waals surface area contributed by atoms with Crippen LogP contribution >= 0.6 is 8.03 Å². The van der Waals surface area contributed by atoms with Crippen LogP contribution in [0.4, 0.5) is 0 Å². The summed E-state index contributed by atoms with van der Waals surface area (Å²) in [6.07, 6.45) is 0.293. The van der Waals surface area contributed by atoms with Crippen molar-refractivity contribution >= 4 is 13.9 Å². The Morgan fingerprint density at radius 3 is 2.86 bits per heavy atom. The Bertz CT molecular complexity index is 405. The molecule has 1 aliphatic rings. The number of fused-ring (bicyclic) bond motifs is 1. The molecule has 0 saturated heterocycles. The van der Waals surface area contributed by atoms with Gasteiger partial charge in [0.1, 0.15) is 5.78 Å². The van der Waals surface area contributed by atoms with E-state index < -0.39 is 13.8 Å². The standard InChI is InChI=1S/C9H10NO3P/c11-8-5-6-3-1-2-4-7(6)9(10-8)14(12)13/h1-4,9,14H,5H2,(H,10,11)(H,12,13). The normalized spacial score (nSPS) is 22.4. The molecule has 2 N–H and O–H groups in total. The number of rotatable bonds is 1. The monoisotopic (exact) mass is 211 g/mol. The lowest BCUT2D eigenvalue weighted by Crippen LogP contribution is -2.33. The minimum absolute atomic E-state index is 0.193. The van der Waals surface area contributed by atoms with Gasteiger partial charge in [0.05, 0.1) is 6.42 Å². The van der Waals surface area contributed by atoms with Gasteiger partial charge in [0.25, 0.3) is 0 Å². The van der Waals surface area contributed by atoms with Crippen LogP contribution in [-0.4, -0.2) is 10.8 Å². The summed E-state index contributed by atoms with van der Waals surface area (Å²) in [4.78, 5) is 20.3. The lowest BCUT2D eigenvalue weighted by molar-refractivity contribution is -0.121. The molecule has 1 aliphatic heterocycles. The molecule has 0 saturated carbocycles. The third-order valence-electron chi connectivity index (χ3n) is 2.27. The molecule has 0 bridgehead atoms. The lowest BCUT2D eigenvalue weighted by atomic mass is 10.0. The van der Waals surface area contributed by atoms with E-state index in [2.05, 4.69) is 5.32 Å². The highest BCUT2D eigenvalue weighted by Gasteiger charge is 2.27. The highest BCUT2D eigenvalue weighted by atomic mass is 31.1. The van der Waals surface area contributed by atoms with E-state index >= 15 is 0 Å². The molecule has 14 heavy (non-hydrogen) atoms. The molecule has 0 aromatic heterocycles. The van der Waals surface area contributed by atoms with Crippen molar-refractivity contribution in [1.29, 1.82) is 0 Å². The molecule has 1 aromatic rings. The number of nitrogens with one attached hydrogen (secondary N) is 1. The molecule has 0 fully saturated rings. The van der Waals surface area contributed by atoms with Gasteiger partial charge in [-0.25, -0.2) is 0 Å². The molecular weight excluding hydrogens is 201 g/mol. The van der Waals surface area contributed by atoms with Gasteiger partial charge >= 0.3 is 0 Å². The minimum atomic E-state index is -2.76. The third kappa shape index (κ3) is 1.59. The summed E-state index contributed by atoms with van der Waals surface area (Å²) in [5.74, 6) is -0.904. The first-order chi connectivity index (χ1) is 6.68. The Morgan fingerprint density at radius 1 is 1.43 bits per heavy atom. The Labute approximate surface area is 81.8 Å². The third-order valence-corrected chi connectivity index (χ3v) is 3.22. The maximum atomic E-state index is 11.2. The summed E-state index contributed by atoms with van der Waals surface area (Å²) in [5, 5.41) is 2.52. The second-order valence-corrected chi connectivity index (χ2v) is 4.47. The molecule has 5 heteroatoms. The van der Waals surface area contributed by atoms with Gasteiger partial charge < -0.3 is 10.2 Å². The van der Waals surface area contributed by atoms with Gasteiger partial charge in [-0.05, 0) is 11.1 Å². The molecule has 2 atom stereocenters. The topological polar surface area (TPSA) is 66.4 Å². The zero-order valence-electron chi connectivity index (χ0n) is 7.36. The fourth-order valence-corrected chi connectivity index (χ4v) is 2.47. The Morgan fingerprint density at radius 2 is 2.14 bits per heavy atom. The molecule has 0 aliphatic carbocycles. The number of carbonyl (C=O) groups excluding carboxylic acids is 1. The number of amides is 1. The molecule has 1 aromatic carbocycles. The highest BCUT2D eigenvalue weighted by Crippen LogP contribution is 2.38. The summed E-state index contributed by atoms with van der Waals surface area (Å²) in [5.41, 5.74) is 1.60. The van der Waals surface area contributed by atoms with Gasteiger partial charge in [-0.15, -0.1) is 0 Å². The average molecular weight is 211 g/mol. The Hall–Kier alpha value is -1.12. The number of hydrogen-bond donors (Lipinski definition) is 2. The molecule has 2 rings (SSSR count). The second-order valence-electron chi connectivity index (χ2n) is 3.21. The summed E-state index contributed by atoms with van der Waals surface area (Å²) in [7, 11) is -2.76. The molecule has 74 valence electrons. The molecule has 1 heterocycles. The molecule has 4 nitrogen and oxygen atoms in total. The van der Waals surface area contributed by atoms with Gasteiger partial charge in [0, 0.05) is 0 Å². The van der Waals surface area contributed by atoms with Crippen molar-refractivity contribution in [1.82, 2.24) is 5.32 Å². The lowest BCUT2D eigenvalue weighted by Gasteiger charge is -2.24. The van der Waals surface area contributed by atoms with Crippen molar-refractivity contribution in [2.24, 2.45) is 0 Å². The van der Waals surface area contributed by atoms with Gasteiger partial charge in [-0.2, -0.15) is 0 Å². The summed E-state index contributed by atoms with van der Waals surface area (Å²) in [6.45, 7) is 0. The van der Waals surface area contributed by atoms with Crippen molar-refractivity contribution in [3.63, 3.8) is 0 Å². The number of benzene rings is 1. The first-order valence-corrected chi connectivity index (χ1v) is 5.72. The van der Waals surface area contributed by atoms with Crippen LogP contribution < -0.4 is 5.32 Å². The van der Waals surface area contributed by atoms with Crippen LogP contribution in [0.2, 0.25) is 0 Å². The fourth-order valence-electron chi connectivity index (χ4n) is 1.63. The SMILES string of the molecule is O=C1Cc2ccccc2C([PH](=O)O)N1. The van der Waals surface area contributed by atoms with E-state index in [1.165, 1.54) is 0 Å². The first-order valence-electron chi connectivity index (χ1n) is 4.28. The van der Waals surface area contributed by atoms with Crippen LogP contribution in [0.15, 0.2) is 24.3 Å². The van der Waals surface area contributed by atoms with Crippen molar-refractivity contribution in [2.45, 2.75) is 12.2 Å². The van der Waals surface area contributed by atoms with Crippen molar-refractivity contribution in [3.8, 4) is 0 Å². The van der Waals surface area contributed by atoms with Crippen molar-refractivity contribution in [3.05, 3.63) is 35.4 Å². The molecule has 0 spiro atoms. The van der Waals surface area contributed by atoms with Crippen molar-refractivity contribution < 1.29 is 14.3 Å². The smallest absolute Gasteiger partial charge is 0.225 e. The van der Waals surface area contributed by atoms with Gasteiger partial charge in [0.15, 0.2) is 0 Å². The maximum Gasteiger partial charge on any atom is 0.225 e. The second kappa shape index (κ2) is 3.56. The van der Waals surface area contributed by atoms with E-state index in [-0.39, 0.29) is 5.91 Å². The minimum Gasteiger partial charge on any atom is -0.345 e. The Balaban J connectivity index is 2.48. The predicted molar refractivity (Wildman–Crippen MR) is 52.3 cm³/mol. The largest absolute Gasteiger partial charge is 0.345 e. The summed E-state index contributed by atoms with van der Waals surface area (Å²) >= 11 is 0. The van der Waals surface area contributed by atoms with Gasteiger partial charge in [-0.3, -0.25) is 9.36 Å². The van der Waals surface area contributed by atoms with Crippen LogP contribution in [0, 0.1) is 0 Å².